The number of halogens is 2. The fourth-order valence-corrected chi connectivity index (χ4v) is 2.16. The van der Waals surface area contributed by atoms with E-state index in [0.717, 1.165) is 0 Å². The Balaban J connectivity index is 1.94. The molecule has 21 heavy (non-hydrogen) atoms. The maximum atomic E-state index is 12.2. The summed E-state index contributed by atoms with van der Waals surface area (Å²) in [6.45, 7) is 0. The van der Waals surface area contributed by atoms with E-state index in [1.54, 1.807) is 6.07 Å². The fraction of sp³-hybridized carbons (Fsp3) is 0. The highest BCUT2D eigenvalue weighted by Gasteiger charge is 2.14. The molecule has 2 aromatic heterocycles. The number of aromatic nitrogens is 4. The predicted molar refractivity (Wildman–Crippen MR) is 80.5 cm³/mol. The zero-order valence-electron chi connectivity index (χ0n) is 10.4. The third-order valence-electron chi connectivity index (χ3n) is 2.70. The van der Waals surface area contributed by atoms with Gasteiger partial charge in [0.15, 0.2) is 10.8 Å². The number of nitrogens with two attached hydrogens (primary N) is 1. The summed E-state index contributed by atoms with van der Waals surface area (Å²) in [5, 5.41) is 2.94. The van der Waals surface area contributed by atoms with Gasteiger partial charge in [0, 0.05) is 5.69 Å². The van der Waals surface area contributed by atoms with Crippen LogP contribution in [0.1, 0.15) is 10.4 Å². The molecule has 0 spiro atoms. The number of hydrogen-bond donors (Lipinski definition) is 3. The van der Waals surface area contributed by atoms with Crippen molar-refractivity contribution in [3.63, 3.8) is 0 Å². The Labute approximate surface area is 128 Å². The number of carbonyl (C=O) groups is 1. The maximum absolute atomic E-state index is 12.2. The Bertz CT molecular complexity index is 847. The number of aromatic amines is 1. The molecule has 3 rings (SSSR count). The number of nitrogen functional groups attached to an aromatic ring is 1. The second kappa shape index (κ2) is 5.19. The largest absolute Gasteiger partial charge is 0.399 e. The number of nitrogens with zero attached hydrogens (tertiary/aromatic N) is 3. The average molecular weight is 323 g/mol. The topological polar surface area (TPSA) is 110 Å². The van der Waals surface area contributed by atoms with Crippen LogP contribution in [0, 0.1) is 0 Å². The van der Waals surface area contributed by atoms with Crippen molar-refractivity contribution >= 4 is 51.9 Å². The van der Waals surface area contributed by atoms with E-state index in [2.05, 4.69) is 25.3 Å². The Morgan fingerprint density at radius 3 is 2.90 bits per heavy atom. The molecule has 0 saturated heterocycles. The first kappa shape index (κ1) is 13.6. The Morgan fingerprint density at radius 2 is 2.10 bits per heavy atom. The van der Waals surface area contributed by atoms with Crippen molar-refractivity contribution in [2.75, 3.05) is 11.1 Å². The van der Waals surface area contributed by atoms with Crippen LogP contribution in [-0.4, -0.2) is 25.8 Å². The highest BCUT2D eigenvalue weighted by Crippen LogP contribution is 2.21. The van der Waals surface area contributed by atoms with Gasteiger partial charge in [0.25, 0.3) is 5.91 Å². The minimum Gasteiger partial charge on any atom is -0.399 e. The van der Waals surface area contributed by atoms with Crippen LogP contribution in [0.15, 0.2) is 24.5 Å². The van der Waals surface area contributed by atoms with Crippen LogP contribution >= 0.6 is 23.2 Å². The number of anilines is 2. The normalized spacial score (nSPS) is 10.8. The fourth-order valence-electron chi connectivity index (χ4n) is 1.74. The van der Waals surface area contributed by atoms with Gasteiger partial charge in [0.2, 0.25) is 5.95 Å². The number of amides is 1. The molecular weight excluding hydrogens is 315 g/mol. The molecule has 0 saturated carbocycles. The lowest BCUT2D eigenvalue weighted by Gasteiger charge is -2.06. The van der Waals surface area contributed by atoms with Gasteiger partial charge >= 0.3 is 0 Å². The third-order valence-corrected chi connectivity index (χ3v) is 3.30. The van der Waals surface area contributed by atoms with E-state index in [1.807, 2.05) is 0 Å². The molecule has 2 heterocycles. The predicted octanol–water partition coefficient (Wildman–Crippen LogP) is 2.49. The molecule has 1 amide bonds. The highest BCUT2D eigenvalue weighted by molar-refractivity contribution is 6.35. The number of hydrogen-bond acceptors (Lipinski definition) is 5. The molecule has 3 aromatic rings. The van der Waals surface area contributed by atoms with Crippen LogP contribution in [0.5, 0.6) is 0 Å². The van der Waals surface area contributed by atoms with Crippen molar-refractivity contribution < 1.29 is 4.79 Å². The Hall–Kier alpha value is -2.38. The van der Waals surface area contributed by atoms with Gasteiger partial charge in [0.05, 0.1) is 16.9 Å². The lowest BCUT2D eigenvalue weighted by atomic mass is 10.2. The van der Waals surface area contributed by atoms with Crippen molar-refractivity contribution in [1.82, 2.24) is 19.9 Å². The SMILES string of the molecule is Nc1ccc(Cl)c(C(=O)Nc2nc(Cl)c3[nH]cnc3n2)c1. The standard InChI is InChI=1S/C12H8Cl2N6O/c13-7-2-1-5(15)3-6(7)11(21)20-12-18-9(14)8-10(19-12)17-4-16-8/h1-4H,15H2,(H2,16,17,18,19,20,21). The number of carbonyl (C=O) groups excluding carboxylic acids is 1. The molecule has 0 aliphatic heterocycles. The first-order valence-electron chi connectivity index (χ1n) is 5.77. The van der Waals surface area contributed by atoms with Crippen LogP contribution in [0.2, 0.25) is 10.2 Å². The van der Waals surface area contributed by atoms with Crippen molar-refractivity contribution in [1.29, 1.82) is 0 Å². The van der Waals surface area contributed by atoms with Gasteiger partial charge in [-0.1, -0.05) is 23.2 Å². The smallest absolute Gasteiger partial charge is 0.259 e. The molecule has 1 aromatic carbocycles. The van der Waals surface area contributed by atoms with Gasteiger partial charge in [-0.3, -0.25) is 10.1 Å². The zero-order chi connectivity index (χ0) is 15.0. The lowest BCUT2D eigenvalue weighted by molar-refractivity contribution is 0.102. The molecular formula is C12H8Cl2N6O. The molecule has 4 N–H and O–H groups in total. The lowest BCUT2D eigenvalue weighted by Crippen LogP contribution is -2.15. The molecule has 0 bridgehead atoms. The summed E-state index contributed by atoms with van der Waals surface area (Å²) in [6.07, 6.45) is 1.44. The molecule has 7 nitrogen and oxygen atoms in total. The summed E-state index contributed by atoms with van der Waals surface area (Å²) in [5.74, 6) is -0.457. The summed E-state index contributed by atoms with van der Waals surface area (Å²) in [7, 11) is 0. The first-order chi connectivity index (χ1) is 10.0. The van der Waals surface area contributed by atoms with Crippen LogP contribution in [0.4, 0.5) is 11.6 Å². The summed E-state index contributed by atoms with van der Waals surface area (Å²) in [6, 6.07) is 4.60. The van der Waals surface area contributed by atoms with Crippen molar-refractivity contribution in [3.05, 3.63) is 40.3 Å². The second-order valence-corrected chi connectivity index (χ2v) is 4.90. The van der Waals surface area contributed by atoms with E-state index in [1.165, 1.54) is 18.5 Å². The average Bonchev–Trinajstić information content (AvgIpc) is 2.90. The van der Waals surface area contributed by atoms with E-state index in [-0.39, 0.29) is 21.7 Å². The van der Waals surface area contributed by atoms with Gasteiger partial charge < -0.3 is 10.7 Å². The van der Waals surface area contributed by atoms with Gasteiger partial charge in [-0.2, -0.15) is 9.97 Å². The van der Waals surface area contributed by atoms with Crippen LogP contribution in [0.3, 0.4) is 0 Å². The summed E-state index contributed by atoms with van der Waals surface area (Å²) >= 11 is 11.9. The molecule has 106 valence electrons. The van der Waals surface area contributed by atoms with Crippen LogP contribution in [0.25, 0.3) is 11.2 Å². The van der Waals surface area contributed by atoms with E-state index >= 15 is 0 Å². The number of H-pyrrole nitrogens is 1. The van der Waals surface area contributed by atoms with Crippen molar-refractivity contribution in [2.45, 2.75) is 0 Å². The molecule has 0 unspecified atom stereocenters. The van der Waals surface area contributed by atoms with Gasteiger partial charge in [-0.05, 0) is 18.2 Å². The van der Waals surface area contributed by atoms with Gasteiger partial charge in [-0.25, -0.2) is 4.98 Å². The van der Waals surface area contributed by atoms with Gasteiger partial charge in [-0.15, -0.1) is 0 Å². The molecule has 0 atom stereocenters. The minimum atomic E-state index is -0.488. The van der Waals surface area contributed by atoms with Crippen molar-refractivity contribution in [3.8, 4) is 0 Å². The van der Waals surface area contributed by atoms with E-state index < -0.39 is 5.91 Å². The monoisotopic (exact) mass is 322 g/mol. The molecule has 0 fully saturated rings. The number of imidazole rings is 1. The molecule has 9 heteroatoms. The number of fused-ring (bicyclic) bond motifs is 1. The summed E-state index contributed by atoms with van der Waals surface area (Å²) < 4.78 is 0. The molecule has 0 aliphatic rings. The summed E-state index contributed by atoms with van der Waals surface area (Å²) in [4.78, 5) is 27.0. The van der Waals surface area contributed by atoms with Gasteiger partial charge in [0.1, 0.15) is 5.52 Å². The highest BCUT2D eigenvalue weighted by atomic mass is 35.5. The van der Waals surface area contributed by atoms with E-state index in [9.17, 15) is 4.79 Å². The molecule has 0 aliphatic carbocycles. The van der Waals surface area contributed by atoms with Crippen LogP contribution < -0.4 is 11.1 Å². The molecule has 0 radical (unpaired) electrons. The van der Waals surface area contributed by atoms with Crippen LogP contribution in [-0.2, 0) is 0 Å². The Morgan fingerprint density at radius 1 is 1.29 bits per heavy atom. The Kier molecular flexibility index (Phi) is 3.36. The summed E-state index contributed by atoms with van der Waals surface area (Å²) in [5.41, 5.74) is 7.13. The number of benzene rings is 1. The second-order valence-electron chi connectivity index (χ2n) is 4.13. The number of rotatable bonds is 2. The quantitative estimate of drug-likeness (QED) is 0.496. The zero-order valence-corrected chi connectivity index (χ0v) is 11.9. The minimum absolute atomic E-state index is 0.0306. The van der Waals surface area contributed by atoms with E-state index in [0.29, 0.717) is 16.9 Å². The first-order valence-corrected chi connectivity index (χ1v) is 6.53. The third kappa shape index (κ3) is 2.61. The van der Waals surface area contributed by atoms with Crippen molar-refractivity contribution in [2.24, 2.45) is 0 Å². The maximum Gasteiger partial charge on any atom is 0.259 e. The number of nitrogens with one attached hydrogen (secondary N) is 2. The van der Waals surface area contributed by atoms with E-state index in [4.69, 9.17) is 28.9 Å².